The van der Waals surface area contributed by atoms with Crippen LogP contribution in [0.3, 0.4) is 0 Å². The van der Waals surface area contributed by atoms with Crippen LogP contribution in [0.2, 0.25) is 0 Å². The maximum atomic E-state index is 5.42. The van der Waals surface area contributed by atoms with Crippen molar-refractivity contribution in [3.8, 4) is 0 Å². The Morgan fingerprint density at radius 3 is 3.15 bits per heavy atom. The van der Waals surface area contributed by atoms with Crippen LogP contribution < -0.4 is 5.73 Å². The third-order valence-corrected chi connectivity index (χ3v) is 1.88. The molecule has 1 heterocycles. The van der Waals surface area contributed by atoms with Gasteiger partial charge >= 0.3 is 0 Å². The van der Waals surface area contributed by atoms with E-state index in [0.717, 1.165) is 25.3 Å². The first-order valence-electron chi connectivity index (χ1n) is 4.65. The molecule has 0 unspecified atom stereocenters. The van der Waals surface area contributed by atoms with Crippen LogP contribution in [-0.4, -0.2) is 22.7 Å². The largest absolute Gasteiger partial charge is 0.375 e. The topological polar surface area (TPSA) is 53.1 Å². The summed E-state index contributed by atoms with van der Waals surface area (Å²) < 4.78 is 7.49. The minimum absolute atomic E-state index is 0.633. The molecule has 0 saturated carbocycles. The van der Waals surface area contributed by atoms with Crippen LogP contribution in [0.1, 0.15) is 19.0 Å². The van der Waals surface area contributed by atoms with Crippen molar-refractivity contribution in [2.75, 3.05) is 13.2 Å². The van der Waals surface area contributed by atoms with Crippen LogP contribution in [0.4, 0.5) is 0 Å². The van der Waals surface area contributed by atoms with E-state index in [2.05, 4.69) is 16.5 Å². The Bertz CT molecular complexity index is 235. The summed E-state index contributed by atoms with van der Waals surface area (Å²) >= 11 is 0. The summed E-state index contributed by atoms with van der Waals surface area (Å²) in [6.07, 6.45) is 4.58. The molecule has 0 spiro atoms. The SMILES string of the molecule is CCn1cncc1COCCCN. The number of aryl methyl sites for hydroxylation is 1. The lowest BCUT2D eigenvalue weighted by Gasteiger charge is -2.05. The monoisotopic (exact) mass is 183 g/mol. The molecule has 1 aromatic rings. The maximum absolute atomic E-state index is 5.42. The van der Waals surface area contributed by atoms with Gasteiger partial charge < -0.3 is 15.0 Å². The Morgan fingerprint density at radius 1 is 1.62 bits per heavy atom. The predicted molar refractivity (Wildman–Crippen MR) is 51.2 cm³/mol. The number of nitrogens with two attached hydrogens (primary N) is 1. The highest BCUT2D eigenvalue weighted by atomic mass is 16.5. The van der Waals surface area contributed by atoms with Gasteiger partial charge in [-0.3, -0.25) is 0 Å². The predicted octanol–water partition coefficient (Wildman–Crippen LogP) is 0.768. The second kappa shape index (κ2) is 5.72. The van der Waals surface area contributed by atoms with E-state index in [1.54, 1.807) is 0 Å². The van der Waals surface area contributed by atoms with Crippen molar-refractivity contribution < 1.29 is 4.74 Å². The van der Waals surface area contributed by atoms with Crippen LogP contribution in [0.25, 0.3) is 0 Å². The van der Waals surface area contributed by atoms with Gasteiger partial charge in [0, 0.05) is 13.2 Å². The minimum Gasteiger partial charge on any atom is -0.375 e. The van der Waals surface area contributed by atoms with Crippen molar-refractivity contribution in [1.82, 2.24) is 9.55 Å². The smallest absolute Gasteiger partial charge is 0.0948 e. The van der Waals surface area contributed by atoms with E-state index in [0.29, 0.717) is 13.2 Å². The lowest BCUT2D eigenvalue weighted by Crippen LogP contribution is -2.06. The van der Waals surface area contributed by atoms with Gasteiger partial charge in [0.05, 0.1) is 24.8 Å². The molecule has 13 heavy (non-hydrogen) atoms. The summed E-state index contributed by atoms with van der Waals surface area (Å²) in [6.45, 7) is 5.08. The van der Waals surface area contributed by atoms with Gasteiger partial charge in [-0.1, -0.05) is 0 Å². The molecule has 2 N–H and O–H groups in total. The summed E-state index contributed by atoms with van der Waals surface area (Å²) in [6, 6.07) is 0. The Labute approximate surface area is 78.7 Å². The highest BCUT2D eigenvalue weighted by Crippen LogP contribution is 2.01. The van der Waals surface area contributed by atoms with E-state index in [1.807, 2.05) is 12.5 Å². The summed E-state index contributed by atoms with van der Waals surface area (Å²) in [7, 11) is 0. The van der Waals surface area contributed by atoms with Gasteiger partial charge in [-0.25, -0.2) is 4.98 Å². The summed E-state index contributed by atoms with van der Waals surface area (Å²) in [5.74, 6) is 0. The molecule has 0 aliphatic rings. The molecule has 1 aromatic heterocycles. The zero-order valence-corrected chi connectivity index (χ0v) is 8.07. The van der Waals surface area contributed by atoms with Gasteiger partial charge in [0.1, 0.15) is 0 Å². The van der Waals surface area contributed by atoms with Crippen LogP contribution >= 0.6 is 0 Å². The first-order valence-corrected chi connectivity index (χ1v) is 4.65. The van der Waals surface area contributed by atoms with Crippen molar-refractivity contribution in [2.24, 2.45) is 5.73 Å². The molecule has 4 heteroatoms. The standard InChI is InChI=1S/C9H17N3O/c1-2-12-8-11-6-9(12)7-13-5-3-4-10/h6,8H,2-5,7,10H2,1H3. The molecule has 0 amide bonds. The fourth-order valence-corrected chi connectivity index (χ4v) is 1.12. The first-order chi connectivity index (χ1) is 6.38. The third-order valence-electron chi connectivity index (χ3n) is 1.88. The van der Waals surface area contributed by atoms with Crippen molar-refractivity contribution in [1.29, 1.82) is 0 Å². The molecular weight excluding hydrogens is 166 g/mol. The van der Waals surface area contributed by atoms with Gasteiger partial charge in [-0.15, -0.1) is 0 Å². The highest BCUT2D eigenvalue weighted by Gasteiger charge is 1.99. The van der Waals surface area contributed by atoms with E-state index < -0.39 is 0 Å². The number of imidazole rings is 1. The molecule has 1 rings (SSSR count). The van der Waals surface area contributed by atoms with Gasteiger partial charge in [-0.2, -0.15) is 0 Å². The number of rotatable bonds is 6. The highest BCUT2D eigenvalue weighted by molar-refractivity contribution is 4.95. The average molecular weight is 183 g/mol. The Hall–Kier alpha value is -0.870. The molecule has 0 bridgehead atoms. The minimum atomic E-state index is 0.633. The zero-order chi connectivity index (χ0) is 9.52. The van der Waals surface area contributed by atoms with Gasteiger partial charge in [0.25, 0.3) is 0 Å². The molecule has 0 radical (unpaired) electrons. The molecule has 0 aliphatic heterocycles. The maximum Gasteiger partial charge on any atom is 0.0948 e. The van der Waals surface area contributed by atoms with Crippen LogP contribution in [-0.2, 0) is 17.9 Å². The molecule has 0 fully saturated rings. The van der Waals surface area contributed by atoms with Gasteiger partial charge in [-0.05, 0) is 19.9 Å². The fraction of sp³-hybridized carbons (Fsp3) is 0.667. The lowest BCUT2D eigenvalue weighted by atomic mass is 10.4. The molecule has 0 saturated heterocycles. The van der Waals surface area contributed by atoms with Crippen molar-refractivity contribution in [2.45, 2.75) is 26.5 Å². The summed E-state index contributed by atoms with van der Waals surface area (Å²) in [5.41, 5.74) is 6.47. The zero-order valence-electron chi connectivity index (χ0n) is 8.07. The average Bonchev–Trinajstić information content (AvgIpc) is 2.60. The second-order valence-electron chi connectivity index (χ2n) is 2.87. The van der Waals surface area contributed by atoms with Crippen LogP contribution in [0.15, 0.2) is 12.5 Å². The molecular formula is C9H17N3O. The number of hydrogen-bond acceptors (Lipinski definition) is 3. The van der Waals surface area contributed by atoms with E-state index in [9.17, 15) is 0 Å². The van der Waals surface area contributed by atoms with Gasteiger partial charge in [0.2, 0.25) is 0 Å². The lowest BCUT2D eigenvalue weighted by molar-refractivity contribution is 0.115. The third kappa shape index (κ3) is 3.16. The fourth-order valence-electron chi connectivity index (χ4n) is 1.12. The second-order valence-corrected chi connectivity index (χ2v) is 2.87. The summed E-state index contributed by atoms with van der Waals surface area (Å²) in [4.78, 5) is 4.05. The van der Waals surface area contributed by atoms with E-state index in [1.165, 1.54) is 0 Å². The summed E-state index contributed by atoms with van der Waals surface area (Å²) in [5, 5.41) is 0. The van der Waals surface area contributed by atoms with Crippen molar-refractivity contribution >= 4 is 0 Å². The van der Waals surface area contributed by atoms with E-state index in [-0.39, 0.29) is 0 Å². The first kappa shape index (κ1) is 10.2. The number of aromatic nitrogens is 2. The normalized spacial score (nSPS) is 10.6. The van der Waals surface area contributed by atoms with Gasteiger partial charge in [0.15, 0.2) is 0 Å². The quantitative estimate of drug-likeness (QED) is 0.663. The number of nitrogens with zero attached hydrogens (tertiary/aromatic N) is 2. The molecule has 0 aliphatic carbocycles. The Morgan fingerprint density at radius 2 is 2.46 bits per heavy atom. The Kier molecular flexibility index (Phi) is 4.49. The number of ether oxygens (including phenoxy) is 1. The molecule has 4 nitrogen and oxygen atoms in total. The van der Waals surface area contributed by atoms with Crippen LogP contribution in [0, 0.1) is 0 Å². The number of hydrogen-bond donors (Lipinski definition) is 1. The van der Waals surface area contributed by atoms with E-state index in [4.69, 9.17) is 10.5 Å². The van der Waals surface area contributed by atoms with Crippen LogP contribution in [0.5, 0.6) is 0 Å². The van der Waals surface area contributed by atoms with Crippen molar-refractivity contribution in [3.05, 3.63) is 18.2 Å². The Balaban J connectivity index is 2.27. The molecule has 74 valence electrons. The molecule has 0 aromatic carbocycles. The molecule has 0 atom stereocenters. The van der Waals surface area contributed by atoms with Crippen molar-refractivity contribution in [3.63, 3.8) is 0 Å². The van der Waals surface area contributed by atoms with E-state index >= 15 is 0 Å².